The van der Waals surface area contributed by atoms with Gasteiger partial charge >= 0.3 is 0 Å². The summed E-state index contributed by atoms with van der Waals surface area (Å²) in [5, 5.41) is 9.52. The lowest BCUT2D eigenvalue weighted by molar-refractivity contribution is 0.0553. The van der Waals surface area contributed by atoms with Crippen LogP contribution in [-0.2, 0) is 27.3 Å². The Morgan fingerprint density at radius 3 is 2.44 bits per heavy atom. The lowest BCUT2D eigenvalue weighted by atomic mass is 9.86. The maximum Gasteiger partial charge on any atom is 0.209 e. The first-order chi connectivity index (χ1) is 19.5. The third-order valence-electron chi connectivity index (χ3n) is 8.20. The smallest absolute Gasteiger partial charge is 0.209 e. The number of pyridine rings is 1. The van der Waals surface area contributed by atoms with Crippen molar-refractivity contribution in [3.8, 4) is 11.3 Å². The van der Waals surface area contributed by atoms with Crippen molar-refractivity contribution in [3.05, 3.63) is 77.6 Å². The molecule has 214 valence electrons. The molecule has 6 rings (SSSR count). The maximum atomic E-state index is 12.2. The molecule has 10 heteroatoms. The minimum absolute atomic E-state index is 0.0316. The molecule has 0 amide bonds. The fourth-order valence-corrected chi connectivity index (χ4v) is 7.46. The van der Waals surface area contributed by atoms with E-state index in [4.69, 9.17) is 9.72 Å². The average molecular weight is 573 g/mol. The number of hydrogen-bond acceptors (Lipinski definition) is 6. The Morgan fingerprint density at radius 1 is 1.05 bits per heavy atom. The predicted molar refractivity (Wildman–Crippen MR) is 161 cm³/mol. The molecular formula is C31H36N6O3S. The molecule has 1 aliphatic heterocycles. The number of aryl methyl sites for hydroxylation is 2. The van der Waals surface area contributed by atoms with Crippen molar-refractivity contribution in [2.75, 3.05) is 19.5 Å². The summed E-state index contributed by atoms with van der Waals surface area (Å²) < 4.78 is 37.3. The molecule has 1 unspecified atom stereocenters. The van der Waals surface area contributed by atoms with Crippen molar-refractivity contribution in [1.29, 1.82) is 0 Å². The monoisotopic (exact) mass is 572 g/mol. The van der Waals surface area contributed by atoms with Gasteiger partial charge in [0.25, 0.3) is 0 Å². The number of nitrogens with one attached hydrogen (secondary N) is 1. The van der Waals surface area contributed by atoms with E-state index in [9.17, 15) is 8.42 Å². The molecule has 1 atom stereocenters. The molecule has 9 nitrogen and oxygen atoms in total. The molecule has 0 radical (unpaired) electrons. The Morgan fingerprint density at radius 2 is 1.78 bits per heavy atom. The Labute approximate surface area is 240 Å². The molecule has 1 N–H and O–H groups in total. The van der Waals surface area contributed by atoms with Crippen LogP contribution in [0.5, 0.6) is 0 Å². The number of benzene rings is 2. The van der Waals surface area contributed by atoms with E-state index in [1.807, 2.05) is 46.1 Å². The number of ether oxygens (including phenoxy) is 1. The van der Waals surface area contributed by atoms with Gasteiger partial charge in [0, 0.05) is 37.4 Å². The fraction of sp³-hybridized carbons (Fsp3) is 0.387. The average Bonchev–Trinajstić information content (AvgIpc) is 3.44. The summed E-state index contributed by atoms with van der Waals surface area (Å²) in [7, 11) is -1.53. The van der Waals surface area contributed by atoms with E-state index >= 15 is 0 Å². The normalized spacial score (nSPS) is 16.0. The standard InChI is InChI=1S/C31H36N6O3S/c1-20-29(36(4)35-33-20)23-17-27-28(32-19-23)25-12-11-24(31(2,3)34-41(5,38)39)18-26(25)37(27)30(21-9-7-6-8-10-21)22-13-15-40-16-14-22/h6-12,17-19,22,30,34H,13-16H2,1-5H3. The van der Waals surface area contributed by atoms with E-state index in [0.717, 1.165) is 70.5 Å². The third kappa shape index (κ3) is 5.16. The zero-order chi connectivity index (χ0) is 28.9. The molecule has 1 fully saturated rings. The van der Waals surface area contributed by atoms with E-state index < -0.39 is 15.6 Å². The third-order valence-corrected chi connectivity index (χ3v) is 9.08. The van der Waals surface area contributed by atoms with Gasteiger partial charge in [0.05, 0.1) is 45.8 Å². The molecule has 4 heterocycles. The first-order valence-corrected chi connectivity index (χ1v) is 15.8. The second kappa shape index (κ2) is 10.3. The Kier molecular flexibility index (Phi) is 6.96. The van der Waals surface area contributed by atoms with Crippen LogP contribution in [0.1, 0.15) is 49.6 Å². The molecule has 0 bridgehead atoms. The van der Waals surface area contributed by atoms with Crippen LogP contribution in [0.15, 0.2) is 60.8 Å². The highest BCUT2D eigenvalue weighted by atomic mass is 32.2. The number of aromatic nitrogens is 5. The van der Waals surface area contributed by atoms with Gasteiger partial charge in [0.15, 0.2) is 0 Å². The summed E-state index contributed by atoms with van der Waals surface area (Å²) in [6, 6.07) is 19.1. The van der Waals surface area contributed by atoms with Crippen molar-refractivity contribution in [2.45, 2.75) is 45.2 Å². The second-order valence-electron chi connectivity index (χ2n) is 11.6. The van der Waals surface area contributed by atoms with Crippen molar-refractivity contribution in [3.63, 3.8) is 0 Å². The number of hydrogen-bond donors (Lipinski definition) is 1. The van der Waals surface area contributed by atoms with Gasteiger partial charge in [0.2, 0.25) is 10.0 Å². The zero-order valence-electron chi connectivity index (χ0n) is 24.1. The molecular weight excluding hydrogens is 536 g/mol. The van der Waals surface area contributed by atoms with Crippen LogP contribution in [0.4, 0.5) is 0 Å². The summed E-state index contributed by atoms with van der Waals surface area (Å²) in [5.74, 6) is 0.347. The van der Waals surface area contributed by atoms with Crippen molar-refractivity contribution >= 4 is 32.0 Å². The summed E-state index contributed by atoms with van der Waals surface area (Å²) in [6.07, 6.45) is 4.98. The molecule has 5 aromatic rings. The minimum Gasteiger partial charge on any atom is -0.381 e. The Bertz CT molecular complexity index is 1820. The molecule has 0 spiro atoms. The van der Waals surface area contributed by atoms with Crippen LogP contribution in [0.25, 0.3) is 33.2 Å². The first kappa shape index (κ1) is 27.6. The van der Waals surface area contributed by atoms with E-state index in [0.29, 0.717) is 5.92 Å². The van der Waals surface area contributed by atoms with E-state index in [1.165, 1.54) is 11.8 Å². The molecule has 41 heavy (non-hydrogen) atoms. The van der Waals surface area contributed by atoms with E-state index in [2.05, 4.69) is 62.1 Å². The highest BCUT2D eigenvalue weighted by molar-refractivity contribution is 7.88. The SMILES string of the molecule is Cc1nnn(C)c1-c1cnc2c3ccc(C(C)(C)NS(C)(=O)=O)cc3n(C(c3ccccc3)C3CCOCC3)c2c1. The highest BCUT2D eigenvalue weighted by Crippen LogP contribution is 2.42. The van der Waals surface area contributed by atoms with Gasteiger partial charge in [-0.1, -0.05) is 47.7 Å². The zero-order valence-corrected chi connectivity index (χ0v) is 24.9. The van der Waals surface area contributed by atoms with Gasteiger partial charge < -0.3 is 9.30 Å². The summed E-state index contributed by atoms with van der Waals surface area (Å²) in [5.41, 5.74) is 6.96. The fourth-order valence-electron chi connectivity index (χ4n) is 6.42. The van der Waals surface area contributed by atoms with Crippen LogP contribution in [0, 0.1) is 12.8 Å². The largest absolute Gasteiger partial charge is 0.381 e. The number of rotatable bonds is 7. The topological polar surface area (TPSA) is 104 Å². The van der Waals surface area contributed by atoms with Crippen molar-refractivity contribution in [1.82, 2.24) is 29.3 Å². The van der Waals surface area contributed by atoms with E-state index in [1.54, 1.807) is 4.68 Å². The summed E-state index contributed by atoms with van der Waals surface area (Å²) >= 11 is 0. The summed E-state index contributed by atoms with van der Waals surface area (Å²) in [6.45, 7) is 7.20. The molecule has 0 aliphatic carbocycles. The van der Waals surface area contributed by atoms with Gasteiger partial charge in [-0.2, -0.15) is 0 Å². The lowest BCUT2D eigenvalue weighted by Crippen LogP contribution is -2.40. The predicted octanol–water partition coefficient (Wildman–Crippen LogP) is 5.09. The van der Waals surface area contributed by atoms with Gasteiger partial charge in [-0.3, -0.25) is 4.98 Å². The van der Waals surface area contributed by atoms with Crippen molar-refractivity contribution < 1.29 is 13.2 Å². The Hall–Kier alpha value is -3.60. The van der Waals surface area contributed by atoms with Gasteiger partial charge in [-0.15, -0.1) is 5.10 Å². The van der Waals surface area contributed by atoms with Gasteiger partial charge in [-0.25, -0.2) is 17.8 Å². The maximum absolute atomic E-state index is 12.2. The second-order valence-corrected chi connectivity index (χ2v) is 13.4. The van der Waals surface area contributed by atoms with E-state index in [-0.39, 0.29) is 6.04 Å². The Balaban J connectivity index is 1.67. The molecule has 2 aromatic carbocycles. The van der Waals surface area contributed by atoms with Crippen LogP contribution >= 0.6 is 0 Å². The van der Waals surface area contributed by atoms with Crippen LogP contribution in [0.3, 0.4) is 0 Å². The number of fused-ring (bicyclic) bond motifs is 3. The van der Waals surface area contributed by atoms with Crippen LogP contribution < -0.4 is 4.72 Å². The molecule has 1 saturated heterocycles. The first-order valence-electron chi connectivity index (χ1n) is 14.0. The van der Waals surface area contributed by atoms with Crippen molar-refractivity contribution in [2.24, 2.45) is 13.0 Å². The van der Waals surface area contributed by atoms with Gasteiger partial charge in [0.1, 0.15) is 0 Å². The molecule has 0 saturated carbocycles. The number of sulfonamides is 1. The molecule has 1 aliphatic rings. The number of nitrogens with zero attached hydrogens (tertiary/aromatic N) is 5. The summed E-state index contributed by atoms with van der Waals surface area (Å²) in [4.78, 5) is 5.01. The minimum atomic E-state index is -3.43. The molecule has 3 aromatic heterocycles. The van der Waals surface area contributed by atoms with Crippen LogP contribution in [-0.4, -0.2) is 52.4 Å². The van der Waals surface area contributed by atoms with Crippen LogP contribution in [0.2, 0.25) is 0 Å². The lowest BCUT2D eigenvalue weighted by Gasteiger charge is -2.33. The van der Waals surface area contributed by atoms with Gasteiger partial charge in [-0.05, 0) is 62.8 Å². The highest BCUT2D eigenvalue weighted by Gasteiger charge is 2.32. The quantitative estimate of drug-likeness (QED) is 0.291.